The molecule has 4 nitrogen and oxygen atoms in total. The average molecular weight is 265 g/mol. The number of aromatic nitrogens is 2. The molecule has 0 saturated heterocycles. The van der Waals surface area contributed by atoms with Crippen LogP contribution in [0, 0.1) is 19.8 Å². The summed E-state index contributed by atoms with van der Waals surface area (Å²) in [6.07, 6.45) is 0.787. The summed E-state index contributed by atoms with van der Waals surface area (Å²) >= 11 is 0. The molecule has 19 heavy (non-hydrogen) atoms. The van der Waals surface area contributed by atoms with Gasteiger partial charge in [0.15, 0.2) is 0 Å². The molecule has 4 heteroatoms. The Morgan fingerprint density at radius 3 is 2.32 bits per heavy atom. The van der Waals surface area contributed by atoms with Crippen molar-refractivity contribution in [3.05, 3.63) is 22.8 Å². The fourth-order valence-electron chi connectivity index (χ4n) is 1.97. The third kappa shape index (κ3) is 5.66. The molecule has 1 aromatic heterocycles. The number of hydrogen-bond donors (Lipinski definition) is 1. The first-order chi connectivity index (χ1) is 9.04. The van der Waals surface area contributed by atoms with Crippen LogP contribution in [0.4, 0.5) is 0 Å². The molecule has 0 aromatic carbocycles. The highest BCUT2D eigenvalue weighted by Crippen LogP contribution is 2.10. The van der Waals surface area contributed by atoms with Crippen molar-refractivity contribution in [1.82, 2.24) is 15.3 Å². The summed E-state index contributed by atoms with van der Waals surface area (Å²) in [5, 5.41) is 3.45. The smallest absolute Gasteiger partial charge is 0.131 e. The molecule has 0 aliphatic rings. The molecule has 0 amide bonds. The van der Waals surface area contributed by atoms with Crippen molar-refractivity contribution in [1.29, 1.82) is 0 Å². The topological polar surface area (TPSA) is 47.0 Å². The maximum atomic E-state index is 5.35. The molecule has 0 atom stereocenters. The highest BCUT2D eigenvalue weighted by molar-refractivity contribution is 5.24. The molecule has 1 heterocycles. The monoisotopic (exact) mass is 265 g/mol. The summed E-state index contributed by atoms with van der Waals surface area (Å²) in [5.74, 6) is 1.54. The summed E-state index contributed by atoms with van der Waals surface area (Å²) < 4.78 is 5.35. The lowest BCUT2D eigenvalue weighted by Crippen LogP contribution is -2.21. The second-order valence-corrected chi connectivity index (χ2v) is 5.26. The molecule has 0 unspecified atom stereocenters. The van der Waals surface area contributed by atoms with Gasteiger partial charge < -0.3 is 10.1 Å². The summed E-state index contributed by atoms with van der Waals surface area (Å²) in [7, 11) is 0. The van der Waals surface area contributed by atoms with Gasteiger partial charge in [0.25, 0.3) is 0 Å². The molecule has 1 aromatic rings. The van der Waals surface area contributed by atoms with Crippen molar-refractivity contribution in [2.24, 2.45) is 5.92 Å². The van der Waals surface area contributed by atoms with Gasteiger partial charge in [-0.3, -0.25) is 0 Å². The molecule has 0 radical (unpaired) electrons. The van der Waals surface area contributed by atoms with Crippen LogP contribution in [0.5, 0.6) is 0 Å². The van der Waals surface area contributed by atoms with Gasteiger partial charge in [-0.1, -0.05) is 13.8 Å². The zero-order valence-corrected chi connectivity index (χ0v) is 12.9. The summed E-state index contributed by atoms with van der Waals surface area (Å²) in [6, 6.07) is 0. The molecular weight excluding hydrogens is 238 g/mol. The summed E-state index contributed by atoms with van der Waals surface area (Å²) in [4.78, 5) is 9.14. The van der Waals surface area contributed by atoms with Crippen LogP contribution >= 0.6 is 0 Å². The van der Waals surface area contributed by atoms with Crippen LogP contribution in [0.15, 0.2) is 0 Å². The molecule has 0 fully saturated rings. The van der Waals surface area contributed by atoms with Crippen LogP contribution in [-0.2, 0) is 17.7 Å². The molecule has 0 saturated carbocycles. The first-order valence-electron chi connectivity index (χ1n) is 7.16. The van der Waals surface area contributed by atoms with Crippen molar-refractivity contribution in [2.45, 2.75) is 47.6 Å². The SMILES string of the molecule is CCOCCc1nc(C)c(CNCC(C)C)c(C)n1. The Balaban J connectivity index is 2.63. The van der Waals surface area contributed by atoms with E-state index in [0.717, 1.165) is 43.3 Å². The van der Waals surface area contributed by atoms with Gasteiger partial charge in [0.05, 0.1) is 6.61 Å². The van der Waals surface area contributed by atoms with Gasteiger partial charge in [-0.25, -0.2) is 9.97 Å². The number of nitrogens with zero attached hydrogens (tertiary/aromatic N) is 2. The lowest BCUT2D eigenvalue weighted by Gasteiger charge is -2.13. The number of aryl methyl sites for hydroxylation is 2. The quantitative estimate of drug-likeness (QED) is 0.733. The van der Waals surface area contributed by atoms with E-state index in [1.807, 2.05) is 6.92 Å². The third-order valence-electron chi connectivity index (χ3n) is 3.00. The Bertz CT molecular complexity index is 368. The van der Waals surface area contributed by atoms with E-state index in [2.05, 4.69) is 43.0 Å². The Kier molecular flexibility index (Phi) is 6.95. The fourth-order valence-corrected chi connectivity index (χ4v) is 1.97. The van der Waals surface area contributed by atoms with E-state index >= 15 is 0 Å². The Hall–Kier alpha value is -1.00. The number of rotatable bonds is 8. The molecule has 0 bridgehead atoms. The van der Waals surface area contributed by atoms with E-state index in [1.165, 1.54) is 5.56 Å². The third-order valence-corrected chi connectivity index (χ3v) is 3.00. The van der Waals surface area contributed by atoms with Crippen molar-refractivity contribution in [3.8, 4) is 0 Å². The van der Waals surface area contributed by atoms with E-state index in [0.29, 0.717) is 12.5 Å². The molecule has 1 N–H and O–H groups in total. The van der Waals surface area contributed by atoms with Crippen LogP contribution in [-0.4, -0.2) is 29.7 Å². The number of nitrogens with one attached hydrogen (secondary N) is 1. The largest absolute Gasteiger partial charge is 0.381 e. The van der Waals surface area contributed by atoms with E-state index in [1.54, 1.807) is 0 Å². The second kappa shape index (κ2) is 8.23. The first-order valence-corrected chi connectivity index (χ1v) is 7.16. The van der Waals surface area contributed by atoms with E-state index in [4.69, 9.17) is 4.74 Å². The second-order valence-electron chi connectivity index (χ2n) is 5.26. The minimum absolute atomic E-state index is 0.659. The molecule has 0 aliphatic heterocycles. The Morgan fingerprint density at radius 1 is 1.16 bits per heavy atom. The highest BCUT2D eigenvalue weighted by atomic mass is 16.5. The van der Waals surface area contributed by atoms with Gasteiger partial charge in [-0.2, -0.15) is 0 Å². The highest BCUT2D eigenvalue weighted by Gasteiger charge is 2.08. The Morgan fingerprint density at radius 2 is 1.79 bits per heavy atom. The zero-order chi connectivity index (χ0) is 14.3. The predicted molar refractivity (Wildman–Crippen MR) is 78.2 cm³/mol. The number of hydrogen-bond acceptors (Lipinski definition) is 4. The predicted octanol–water partition coefficient (Wildman–Crippen LogP) is 2.42. The van der Waals surface area contributed by atoms with Crippen LogP contribution in [0.25, 0.3) is 0 Å². The van der Waals surface area contributed by atoms with Crippen LogP contribution < -0.4 is 5.32 Å². The first kappa shape index (κ1) is 16.1. The van der Waals surface area contributed by atoms with Gasteiger partial charge >= 0.3 is 0 Å². The van der Waals surface area contributed by atoms with Crippen LogP contribution in [0.1, 0.15) is 43.5 Å². The lowest BCUT2D eigenvalue weighted by atomic mass is 10.1. The molecule has 1 rings (SSSR count). The van der Waals surface area contributed by atoms with Gasteiger partial charge in [0, 0.05) is 36.5 Å². The van der Waals surface area contributed by atoms with E-state index in [9.17, 15) is 0 Å². The van der Waals surface area contributed by atoms with Crippen molar-refractivity contribution >= 4 is 0 Å². The van der Waals surface area contributed by atoms with Gasteiger partial charge in [0.1, 0.15) is 5.82 Å². The van der Waals surface area contributed by atoms with Gasteiger partial charge in [0.2, 0.25) is 0 Å². The molecule has 0 aliphatic carbocycles. The van der Waals surface area contributed by atoms with Crippen molar-refractivity contribution in [2.75, 3.05) is 19.8 Å². The minimum Gasteiger partial charge on any atom is -0.381 e. The number of ether oxygens (including phenoxy) is 1. The molecule has 108 valence electrons. The Labute approximate surface area is 117 Å². The molecule has 0 spiro atoms. The lowest BCUT2D eigenvalue weighted by molar-refractivity contribution is 0.149. The van der Waals surface area contributed by atoms with E-state index < -0.39 is 0 Å². The maximum absolute atomic E-state index is 5.35. The van der Waals surface area contributed by atoms with E-state index in [-0.39, 0.29) is 0 Å². The molecular formula is C15H27N3O. The van der Waals surface area contributed by atoms with Crippen LogP contribution in [0.3, 0.4) is 0 Å². The fraction of sp³-hybridized carbons (Fsp3) is 0.733. The van der Waals surface area contributed by atoms with Crippen LogP contribution in [0.2, 0.25) is 0 Å². The van der Waals surface area contributed by atoms with Gasteiger partial charge in [-0.05, 0) is 33.2 Å². The standard InChI is InChI=1S/C15H27N3O/c1-6-19-8-7-15-17-12(4)14(13(5)18-15)10-16-9-11(2)3/h11,16H,6-10H2,1-5H3. The normalized spacial score (nSPS) is 11.3. The summed E-state index contributed by atoms with van der Waals surface area (Å²) in [5.41, 5.74) is 3.38. The minimum atomic E-state index is 0.659. The van der Waals surface area contributed by atoms with Crippen molar-refractivity contribution < 1.29 is 4.74 Å². The van der Waals surface area contributed by atoms with Crippen molar-refractivity contribution in [3.63, 3.8) is 0 Å². The average Bonchev–Trinajstić information content (AvgIpc) is 2.32. The zero-order valence-electron chi connectivity index (χ0n) is 12.9. The maximum Gasteiger partial charge on any atom is 0.131 e. The summed E-state index contributed by atoms with van der Waals surface area (Å²) in [6.45, 7) is 13.8. The van der Waals surface area contributed by atoms with Gasteiger partial charge in [-0.15, -0.1) is 0 Å².